The first kappa shape index (κ1) is 21.6. The number of nitrogens with zero attached hydrogens (tertiary/aromatic N) is 5. The lowest BCUT2D eigenvalue weighted by molar-refractivity contribution is -0.137. The van der Waals surface area contributed by atoms with Gasteiger partial charge in [-0.2, -0.15) is 17.6 Å². The van der Waals surface area contributed by atoms with Crippen molar-refractivity contribution in [2.24, 2.45) is 7.05 Å². The van der Waals surface area contributed by atoms with E-state index in [1.807, 2.05) is 0 Å². The molecule has 0 spiro atoms. The Labute approximate surface area is 189 Å². The summed E-state index contributed by atoms with van der Waals surface area (Å²) in [5.41, 5.74) is 6.77. The number of hydrogen-bond acceptors (Lipinski definition) is 5. The van der Waals surface area contributed by atoms with Gasteiger partial charge in [0.2, 0.25) is 5.95 Å². The Balaban J connectivity index is 1.83. The van der Waals surface area contributed by atoms with E-state index in [0.717, 1.165) is 12.1 Å². The third-order valence-corrected chi connectivity index (χ3v) is 5.71. The highest BCUT2D eigenvalue weighted by atomic mass is 19.4. The number of rotatable bonds is 2. The summed E-state index contributed by atoms with van der Waals surface area (Å²) in [4.78, 5) is 25.1. The Morgan fingerprint density at radius 2 is 1.76 bits per heavy atom. The van der Waals surface area contributed by atoms with Crippen LogP contribution >= 0.6 is 0 Å². The van der Waals surface area contributed by atoms with E-state index in [-0.39, 0.29) is 5.56 Å². The lowest BCUT2D eigenvalue weighted by atomic mass is 10.0. The first-order chi connectivity index (χ1) is 16.1. The average Bonchev–Trinajstić information content (AvgIpc) is 3.04. The summed E-state index contributed by atoms with van der Waals surface area (Å²) < 4.78 is 56.5. The quantitative estimate of drug-likeness (QED) is 0.307. The van der Waals surface area contributed by atoms with Crippen LogP contribution in [0.1, 0.15) is 11.3 Å². The van der Waals surface area contributed by atoms with E-state index in [1.165, 1.54) is 27.6 Å². The number of benzene rings is 1. The maximum atomic E-state index is 13.6. The zero-order valence-electron chi connectivity index (χ0n) is 17.9. The number of nitrogens with two attached hydrogens (primary N) is 1. The second-order valence-electron chi connectivity index (χ2n) is 7.79. The molecule has 0 saturated heterocycles. The molecule has 1 aromatic carbocycles. The van der Waals surface area contributed by atoms with E-state index in [0.29, 0.717) is 38.9 Å². The largest absolute Gasteiger partial charge is 0.419 e. The Morgan fingerprint density at radius 3 is 2.47 bits per heavy atom. The van der Waals surface area contributed by atoms with Crippen LogP contribution in [0.4, 0.5) is 23.4 Å². The van der Waals surface area contributed by atoms with Crippen LogP contribution < -0.4 is 11.4 Å². The van der Waals surface area contributed by atoms with Gasteiger partial charge in [0.1, 0.15) is 5.82 Å². The van der Waals surface area contributed by atoms with Crippen LogP contribution in [0.3, 0.4) is 0 Å². The Morgan fingerprint density at radius 1 is 1.00 bits per heavy atom. The molecule has 0 aliphatic rings. The molecule has 0 unspecified atom stereocenters. The minimum atomic E-state index is -4.66. The zero-order chi connectivity index (χ0) is 24.4. The van der Waals surface area contributed by atoms with Crippen LogP contribution in [0.5, 0.6) is 0 Å². The third kappa shape index (κ3) is 3.28. The summed E-state index contributed by atoms with van der Waals surface area (Å²) in [6.45, 7) is 1.58. The minimum absolute atomic E-state index is 0.199. The second kappa shape index (κ2) is 7.37. The van der Waals surface area contributed by atoms with Gasteiger partial charge in [0.05, 0.1) is 39.7 Å². The molecule has 7 nitrogen and oxygen atoms in total. The number of imidazole rings is 1. The van der Waals surface area contributed by atoms with Crippen LogP contribution in [0.2, 0.25) is 0 Å². The van der Waals surface area contributed by atoms with Gasteiger partial charge in [-0.05, 0) is 42.8 Å². The standard InChI is InChI=1S/C23H16F4N6O/c1-11-17(5-6-19(24)31-11)33-20-14-7-12(13-8-15(23(25,26)27)21(28)30-9-13)3-4-16(14)29-10-18(20)32(2)22(33)34/h3-10H,1-2H3,(H2,28,30). The van der Waals surface area contributed by atoms with Crippen LogP contribution in [-0.2, 0) is 13.2 Å². The van der Waals surface area contributed by atoms with E-state index in [4.69, 9.17) is 5.73 Å². The van der Waals surface area contributed by atoms with Crippen molar-refractivity contribution in [3.8, 4) is 16.8 Å². The van der Waals surface area contributed by atoms with Gasteiger partial charge in [-0.25, -0.2) is 14.8 Å². The van der Waals surface area contributed by atoms with Gasteiger partial charge in [0.25, 0.3) is 0 Å². The normalized spacial score (nSPS) is 12.1. The molecule has 0 aliphatic heterocycles. The highest BCUT2D eigenvalue weighted by molar-refractivity contribution is 6.04. The van der Waals surface area contributed by atoms with Gasteiger partial charge in [-0.15, -0.1) is 0 Å². The summed E-state index contributed by atoms with van der Waals surface area (Å²) in [5.74, 6) is -1.29. The maximum Gasteiger partial charge on any atom is 0.419 e. The molecule has 11 heteroatoms. The van der Waals surface area contributed by atoms with E-state index >= 15 is 0 Å². The fourth-order valence-corrected chi connectivity index (χ4v) is 4.02. The average molecular weight is 468 g/mol. The van der Waals surface area contributed by atoms with Crippen molar-refractivity contribution in [3.63, 3.8) is 0 Å². The Hall–Kier alpha value is -4.28. The lowest BCUT2D eigenvalue weighted by Gasteiger charge is -2.12. The van der Waals surface area contributed by atoms with Crippen LogP contribution in [-0.4, -0.2) is 24.1 Å². The van der Waals surface area contributed by atoms with Gasteiger partial charge in [0.15, 0.2) is 0 Å². The maximum absolute atomic E-state index is 13.6. The van der Waals surface area contributed by atoms with Crippen molar-refractivity contribution in [1.82, 2.24) is 24.1 Å². The van der Waals surface area contributed by atoms with Crippen molar-refractivity contribution in [1.29, 1.82) is 0 Å². The van der Waals surface area contributed by atoms with Crippen molar-refractivity contribution >= 4 is 27.8 Å². The monoisotopic (exact) mass is 468 g/mol. The smallest absolute Gasteiger partial charge is 0.383 e. The number of aryl methyl sites for hydroxylation is 2. The third-order valence-electron chi connectivity index (χ3n) is 5.71. The first-order valence-electron chi connectivity index (χ1n) is 10.0. The first-order valence-corrected chi connectivity index (χ1v) is 10.0. The van der Waals surface area contributed by atoms with E-state index < -0.39 is 29.2 Å². The molecular formula is C23H16F4N6O. The fraction of sp³-hybridized carbons (Fsp3) is 0.130. The van der Waals surface area contributed by atoms with Crippen molar-refractivity contribution < 1.29 is 17.6 Å². The number of hydrogen-bond donors (Lipinski definition) is 1. The van der Waals surface area contributed by atoms with Crippen molar-refractivity contribution in [3.05, 3.63) is 76.5 Å². The summed E-state index contributed by atoms with van der Waals surface area (Å²) in [5, 5.41) is 0.516. The van der Waals surface area contributed by atoms with Crippen molar-refractivity contribution in [2.45, 2.75) is 13.1 Å². The molecule has 0 amide bonds. The number of nitrogen functional groups attached to an aromatic ring is 1. The molecule has 0 saturated carbocycles. The van der Waals surface area contributed by atoms with Crippen LogP contribution in [0.15, 0.2) is 53.6 Å². The molecule has 4 heterocycles. The molecule has 4 aromatic heterocycles. The highest BCUT2D eigenvalue weighted by Crippen LogP contribution is 2.36. The molecule has 0 aliphatic carbocycles. The Kier molecular flexibility index (Phi) is 4.67. The molecular weight excluding hydrogens is 452 g/mol. The summed E-state index contributed by atoms with van der Waals surface area (Å²) >= 11 is 0. The van der Waals surface area contributed by atoms with E-state index in [2.05, 4.69) is 15.0 Å². The molecule has 172 valence electrons. The van der Waals surface area contributed by atoms with Gasteiger partial charge >= 0.3 is 11.9 Å². The predicted molar refractivity (Wildman–Crippen MR) is 119 cm³/mol. The predicted octanol–water partition coefficient (Wildman–Crippen LogP) is 4.38. The second-order valence-corrected chi connectivity index (χ2v) is 7.79. The van der Waals surface area contributed by atoms with Gasteiger partial charge < -0.3 is 5.73 Å². The highest BCUT2D eigenvalue weighted by Gasteiger charge is 2.34. The molecule has 0 atom stereocenters. The number of fused-ring (bicyclic) bond motifs is 3. The zero-order valence-corrected chi connectivity index (χ0v) is 17.9. The molecule has 5 aromatic rings. The number of halogens is 4. The van der Waals surface area contributed by atoms with Gasteiger partial charge in [-0.3, -0.25) is 14.1 Å². The molecule has 0 radical (unpaired) electrons. The summed E-state index contributed by atoms with van der Waals surface area (Å²) in [6, 6.07) is 8.44. The molecule has 5 rings (SSSR count). The van der Waals surface area contributed by atoms with Gasteiger partial charge in [0, 0.05) is 24.2 Å². The minimum Gasteiger partial charge on any atom is -0.383 e. The Bertz CT molecular complexity index is 1670. The van der Waals surface area contributed by atoms with Gasteiger partial charge in [-0.1, -0.05) is 6.07 Å². The number of pyridine rings is 3. The van der Waals surface area contributed by atoms with E-state index in [9.17, 15) is 22.4 Å². The van der Waals surface area contributed by atoms with E-state index in [1.54, 1.807) is 32.2 Å². The van der Waals surface area contributed by atoms with Crippen molar-refractivity contribution in [2.75, 3.05) is 5.73 Å². The van der Waals surface area contributed by atoms with Crippen LogP contribution in [0.25, 0.3) is 38.8 Å². The molecule has 0 fully saturated rings. The lowest BCUT2D eigenvalue weighted by Crippen LogP contribution is -2.21. The number of aromatic nitrogens is 5. The molecule has 0 bridgehead atoms. The summed E-state index contributed by atoms with van der Waals surface area (Å²) in [6.07, 6.45) is -1.87. The number of anilines is 1. The molecule has 2 N–H and O–H groups in total. The topological polar surface area (TPSA) is 91.6 Å². The summed E-state index contributed by atoms with van der Waals surface area (Å²) in [7, 11) is 1.57. The SMILES string of the molecule is Cc1nc(F)ccc1-n1c(=O)n(C)c2cnc3ccc(-c4cnc(N)c(C(F)(F)F)c4)cc3c21. The molecule has 34 heavy (non-hydrogen) atoms. The number of alkyl halides is 3. The fourth-order valence-electron chi connectivity index (χ4n) is 4.02. The van der Waals surface area contributed by atoms with Crippen LogP contribution in [0, 0.1) is 12.9 Å².